The topological polar surface area (TPSA) is 39.2 Å². The number of esters is 1. The molecule has 1 aromatic rings. The SMILES string of the molecule is COC(=O)Cc1cc(C(F)F)nc(Br)c1I. The minimum Gasteiger partial charge on any atom is -0.469 e. The molecule has 0 aliphatic rings. The highest BCUT2D eigenvalue weighted by Gasteiger charge is 2.16. The fourth-order valence-corrected chi connectivity index (χ4v) is 1.96. The predicted molar refractivity (Wildman–Crippen MR) is 65.3 cm³/mol. The Bertz CT molecular complexity index is 415. The number of halogens is 4. The number of alkyl halides is 2. The number of ether oxygens (including phenoxy) is 1. The highest BCUT2D eigenvalue weighted by atomic mass is 127. The monoisotopic (exact) mass is 405 g/mol. The second-order valence-corrected chi connectivity index (χ2v) is 4.69. The van der Waals surface area contributed by atoms with Gasteiger partial charge in [0, 0.05) is 3.57 Å². The molecule has 16 heavy (non-hydrogen) atoms. The van der Waals surface area contributed by atoms with Crippen LogP contribution in [-0.2, 0) is 16.0 Å². The van der Waals surface area contributed by atoms with E-state index in [1.807, 2.05) is 22.6 Å². The van der Waals surface area contributed by atoms with E-state index in [9.17, 15) is 13.6 Å². The Morgan fingerprint density at radius 1 is 1.69 bits per heavy atom. The lowest BCUT2D eigenvalue weighted by Crippen LogP contribution is -2.08. The molecule has 0 saturated carbocycles. The van der Waals surface area contributed by atoms with Gasteiger partial charge in [0.2, 0.25) is 0 Å². The summed E-state index contributed by atoms with van der Waals surface area (Å²) < 4.78 is 30.4. The third-order valence-electron chi connectivity index (χ3n) is 1.80. The largest absolute Gasteiger partial charge is 0.469 e. The van der Waals surface area contributed by atoms with E-state index in [1.54, 1.807) is 0 Å². The molecule has 0 aliphatic carbocycles. The molecule has 1 aromatic heterocycles. The molecule has 0 aromatic carbocycles. The minimum atomic E-state index is -2.66. The molecule has 1 heterocycles. The molecule has 0 fully saturated rings. The number of pyridine rings is 1. The van der Waals surface area contributed by atoms with Crippen molar-refractivity contribution in [3.63, 3.8) is 0 Å². The maximum absolute atomic E-state index is 12.5. The van der Waals surface area contributed by atoms with Gasteiger partial charge in [0.15, 0.2) is 0 Å². The van der Waals surface area contributed by atoms with Crippen molar-refractivity contribution in [1.29, 1.82) is 0 Å². The number of rotatable bonds is 3. The van der Waals surface area contributed by atoms with E-state index in [4.69, 9.17) is 0 Å². The van der Waals surface area contributed by atoms with Crippen molar-refractivity contribution in [2.45, 2.75) is 12.8 Å². The first-order valence-electron chi connectivity index (χ1n) is 4.15. The summed E-state index contributed by atoms with van der Waals surface area (Å²) in [4.78, 5) is 14.8. The van der Waals surface area contributed by atoms with Gasteiger partial charge in [-0.05, 0) is 50.2 Å². The third kappa shape index (κ3) is 3.34. The van der Waals surface area contributed by atoms with E-state index in [2.05, 4.69) is 25.7 Å². The Morgan fingerprint density at radius 2 is 2.31 bits per heavy atom. The number of carbonyl (C=O) groups is 1. The van der Waals surface area contributed by atoms with Gasteiger partial charge in [0.1, 0.15) is 10.3 Å². The van der Waals surface area contributed by atoms with Crippen LogP contribution in [0.25, 0.3) is 0 Å². The summed E-state index contributed by atoms with van der Waals surface area (Å²) in [6.07, 6.45) is -2.71. The van der Waals surface area contributed by atoms with Crippen LogP contribution in [0.1, 0.15) is 17.7 Å². The molecular weight excluding hydrogens is 399 g/mol. The number of hydrogen-bond donors (Lipinski definition) is 0. The highest BCUT2D eigenvalue weighted by Crippen LogP contribution is 2.26. The van der Waals surface area contributed by atoms with E-state index in [0.29, 0.717) is 13.7 Å². The van der Waals surface area contributed by atoms with E-state index in [0.717, 1.165) is 0 Å². The highest BCUT2D eigenvalue weighted by molar-refractivity contribution is 14.1. The van der Waals surface area contributed by atoms with Crippen LogP contribution >= 0.6 is 38.5 Å². The second-order valence-electron chi connectivity index (χ2n) is 2.86. The van der Waals surface area contributed by atoms with Crippen LogP contribution in [0.4, 0.5) is 8.78 Å². The zero-order chi connectivity index (χ0) is 12.3. The number of nitrogens with zero attached hydrogens (tertiary/aromatic N) is 1. The molecule has 0 bridgehead atoms. The summed E-state index contributed by atoms with van der Waals surface area (Å²) in [6, 6.07) is 1.22. The van der Waals surface area contributed by atoms with Crippen LogP contribution in [0, 0.1) is 3.57 Å². The number of methoxy groups -OCH3 is 1. The van der Waals surface area contributed by atoms with Crippen LogP contribution in [0.5, 0.6) is 0 Å². The van der Waals surface area contributed by atoms with E-state index in [-0.39, 0.29) is 12.1 Å². The molecule has 0 N–H and O–H groups in total. The lowest BCUT2D eigenvalue weighted by molar-refractivity contribution is -0.139. The first-order chi connectivity index (χ1) is 7.45. The van der Waals surface area contributed by atoms with Crippen molar-refractivity contribution in [3.8, 4) is 0 Å². The standard InChI is InChI=1S/C9H7BrF2INO2/c1-16-6(15)3-4-2-5(9(11)12)14-8(10)7(4)13/h2,9H,3H2,1H3. The number of hydrogen-bond acceptors (Lipinski definition) is 3. The summed E-state index contributed by atoms with van der Waals surface area (Å²) in [5, 5.41) is 0. The average Bonchev–Trinajstić information content (AvgIpc) is 2.23. The fourth-order valence-electron chi connectivity index (χ4n) is 1.04. The van der Waals surface area contributed by atoms with Crippen molar-refractivity contribution in [1.82, 2.24) is 4.98 Å². The quantitative estimate of drug-likeness (QED) is 0.440. The van der Waals surface area contributed by atoms with Gasteiger partial charge in [-0.3, -0.25) is 4.79 Å². The molecule has 7 heteroatoms. The van der Waals surface area contributed by atoms with Gasteiger partial charge >= 0.3 is 5.97 Å². The van der Waals surface area contributed by atoms with Crippen LogP contribution in [0.2, 0.25) is 0 Å². The summed E-state index contributed by atoms with van der Waals surface area (Å²) in [6.45, 7) is 0. The van der Waals surface area contributed by atoms with E-state index >= 15 is 0 Å². The van der Waals surface area contributed by atoms with Crippen molar-refractivity contribution < 1.29 is 18.3 Å². The summed E-state index contributed by atoms with van der Waals surface area (Å²) in [5.41, 5.74) is 0.121. The summed E-state index contributed by atoms with van der Waals surface area (Å²) >= 11 is 5.01. The predicted octanol–water partition coefficient (Wildman–Crippen LogP) is 3.10. The van der Waals surface area contributed by atoms with E-state index in [1.165, 1.54) is 13.2 Å². The smallest absolute Gasteiger partial charge is 0.310 e. The molecular formula is C9H7BrF2INO2. The molecule has 0 spiro atoms. The van der Waals surface area contributed by atoms with Crippen LogP contribution in [0.3, 0.4) is 0 Å². The van der Waals surface area contributed by atoms with Crippen LogP contribution < -0.4 is 0 Å². The lowest BCUT2D eigenvalue weighted by atomic mass is 10.1. The van der Waals surface area contributed by atoms with E-state index < -0.39 is 12.4 Å². The van der Waals surface area contributed by atoms with Gasteiger partial charge in [-0.1, -0.05) is 0 Å². The molecule has 0 radical (unpaired) electrons. The molecule has 0 saturated heterocycles. The first kappa shape index (κ1) is 13.8. The maximum Gasteiger partial charge on any atom is 0.310 e. The Morgan fingerprint density at radius 3 is 2.81 bits per heavy atom. The molecule has 88 valence electrons. The molecule has 0 amide bonds. The lowest BCUT2D eigenvalue weighted by Gasteiger charge is -2.08. The Labute approximate surface area is 113 Å². The van der Waals surface area contributed by atoms with Gasteiger partial charge in [-0.15, -0.1) is 0 Å². The Hall–Kier alpha value is -0.310. The molecule has 3 nitrogen and oxygen atoms in total. The van der Waals surface area contributed by atoms with Gasteiger partial charge in [0.05, 0.1) is 13.5 Å². The van der Waals surface area contributed by atoms with Crippen molar-refractivity contribution >= 4 is 44.5 Å². The minimum absolute atomic E-state index is 0.0460. The summed E-state index contributed by atoms with van der Waals surface area (Å²) in [7, 11) is 1.25. The van der Waals surface area contributed by atoms with Crippen LogP contribution in [-0.4, -0.2) is 18.1 Å². The maximum atomic E-state index is 12.5. The Kier molecular flexibility index (Phi) is 5.03. The van der Waals surface area contributed by atoms with Crippen LogP contribution in [0.15, 0.2) is 10.7 Å². The summed E-state index contributed by atoms with van der Waals surface area (Å²) in [5.74, 6) is -0.476. The Balaban J connectivity index is 3.11. The van der Waals surface area contributed by atoms with Gasteiger partial charge in [-0.2, -0.15) is 0 Å². The zero-order valence-electron chi connectivity index (χ0n) is 8.14. The van der Waals surface area contributed by atoms with Crippen molar-refractivity contribution in [2.24, 2.45) is 0 Å². The van der Waals surface area contributed by atoms with Gasteiger partial charge in [-0.25, -0.2) is 13.8 Å². The number of aromatic nitrogens is 1. The van der Waals surface area contributed by atoms with Crippen molar-refractivity contribution in [3.05, 3.63) is 25.5 Å². The molecule has 0 aliphatic heterocycles. The third-order valence-corrected chi connectivity index (χ3v) is 4.32. The zero-order valence-corrected chi connectivity index (χ0v) is 11.9. The van der Waals surface area contributed by atoms with Gasteiger partial charge in [0.25, 0.3) is 6.43 Å². The molecule has 0 atom stereocenters. The second kappa shape index (κ2) is 5.85. The van der Waals surface area contributed by atoms with Crippen molar-refractivity contribution in [2.75, 3.05) is 7.11 Å². The fraction of sp³-hybridized carbons (Fsp3) is 0.333. The molecule has 0 unspecified atom stereocenters. The molecule has 1 rings (SSSR count). The average molecular weight is 406 g/mol. The van der Waals surface area contributed by atoms with Gasteiger partial charge < -0.3 is 4.74 Å². The number of carbonyl (C=O) groups excluding carboxylic acids is 1. The first-order valence-corrected chi connectivity index (χ1v) is 6.02. The normalized spacial score (nSPS) is 10.6.